The Kier molecular flexibility index (Phi) is 4.95. The van der Waals surface area contributed by atoms with Crippen molar-refractivity contribution in [3.05, 3.63) is 42.1 Å². The summed E-state index contributed by atoms with van der Waals surface area (Å²) in [6.45, 7) is 1.49. The second kappa shape index (κ2) is 6.72. The van der Waals surface area contributed by atoms with Gasteiger partial charge in [-0.05, 0) is 0 Å². The molecule has 1 aromatic carbocycles. The van der Waals surface area contributed by atoms with Crippen LogP contribution in [0.1, 0.15) is 17.4 Å². The molecule has 0 bridgehead atoms. The molecule has 6 nitrogen and oxygen atoms in total. The van der Waals surface area contributed by atoms with Gasteiger partial charge in [-0.15, -0.1) is 0 Å². The average molecular weight is 304 g/mol. The predicted molar refractivity (Wildman–Crippen MR) is 81.2 cm³/mol. The van der Waals surface area contributed by atoms with Crippen LogP contribution in [0.25, 0.3) is 11.3 Å². The van der Waals surface area contributed by atoms with Gasteiger partial charge >= 0.3 is 0 Å². The average Bonchev–Trinajstić information content (AvgIpc) is 3.04. The number of rotatable bonds is 6. The Morgan fingerprint density at radius 2 is 1.91 bits per heavy atom. The highest BCUT2D eigenvalue weighted by Gasteiger charge is 2.28. The first-order valence-corrected chi connectivity index (χ1v) is 6.98. The van der Waals surface area contributed by atoms with Gasteiger partial charge in [-0.2, -0.15) is 0 Å². The van der Waals surface area contributed by atoms with Crippen LogP contribution in [0.3, 0.4) is 0 Å². The van der Waals surface area contributed by atoms with Crippen LogP contribution in [0.5, 0.6) is 0 Å². The molecule has 0 fully saturated rings. The van der Waals surface area contributed by atoms with Gasteiger partial charge in [0.05, 0.1) is 13.2 Å². The summed E-state index contributed by atoms with van der Waals surface area (Å²) in [4.78, 5) is 13.8. The van der Waals surface area contributed by atoms with Gasteiger partial charge in [0.2, 0.25) is 0 Å². The van der Waals surface area contributed by atoms with Crippen molar-refractivity contribution in [1.29, 1.82) is 0 Å². The van der Waals surface area contributed by atoms with Gasteiger partial charge in [-0.1, -0.05) is 42.4 Å². The molecule has 6 heteroatoms. The van der Waals surface area contributed by atoms with E-state index in [9.17, 15) is 15.0 Å². The summed E-state index contributed by atoms with van der Waals surface area (Å²) in [5, 5.41) is 22.4. The Balaban J connectivity index is 2.12. The summed E-state index contributed by atoms with van der Waals surface area (Å²) in [6, 6.07) is 11.0. The molecule has 118 valence electrons. The molecular formula is C16H20N2O4. The Labute approximate surface area is 129 Å². The first-order valence-electron chi connectivity index (χ1n) is 6.98. The quantitative estimate of drug-likeness (QED) is 0.842. The normalized spacial score (nSPS) is 11.5. The number of carbonyl (C=O) groups excluding carboxylic acids is 1. The van der Waals surface area contributed by atoms with Gasteiger partial charge in [0.15, 0.2) is 11.5 Å². The van der Waals surface area contributed by atoms with E-state index in [0.29, 0.717) is 5.76 Å². The van der Waals surface area contributed by atoms with Crippen LogP contribution in [0.4, 0.5) is 0 Å². The number of amides is 1. The van der Waals surface area contributed by atoms with E-state index in [1.807, 2.05) is 30.3 Å². The Morgan fingerprint density at radius 1 is 1.27 bits per heavy atom. The van der Waals surface area contributed by atoms with Crippen LogP contribution in [0.2, 0.25) is 0 Å². The molecule has 0 aliphatic carbocycles. The van der Waals surface area contributed by atoms with E-state index in [2.05, 4.69) is 5.16 Å². The fraction of sp³-hybridized carbons (Fsp3) is 0.375. The van der Waals surface area contributed by atoms with Crippen molar-refractivity contribution < 1.29 is 19.5 Å². The molecule has 1 heterocycles. The number of nitrogens with zero attached hydrogens (tertiary/aromatic N) is 2. The lowest BCUT2D eigenvalue weighted by atomic mass is 9.92. The molecule has 0 aliphatic rings. The second-order valence-electron chi connectivity index (χ2n) is 5.73. The SMILES string of the molecule is CN(CC(C)(CO)CO)C(=O)c1cc(-c2ccccc2)on1. The number of aliphatic hydroxyl groups is 2. The lowest BCUT2D eigenvalue weighted by Gasteiger charge is -2.29. The minimum atomic E-state index is -0.754. The zero-order chi connectivity index (χ0) is 16.2. The minimum absolute atomic E-state index is 0.194. The standard InChI is InChI=1S/C16H20N2O4/c1-16(10-19,11-20)9-18(2)15(21)13-8-14(22-17-13)12-6-4-3-5-7-12/h3-8,19-20H,9-11H2,1-2H3. The van der Waals surface area contributed by atoms with E-state index in [-0.39, 0.29) is 31.4 Å². The van der Waals surface area contributed by atoms with Gasteiger partial charge < -0.3 is 19.6 Å². The van der Waals surface area contributed by atoms with Crippen LogP contribution in [0, 0.1) is 5.41 Å². The van der Waals surface area contributed by atoms with Crippen LogP contribution in [-0.4, -0.2) is 53.0 Å². The zero-order valence-electron chi connectivity index (χ0n) is 12.7. The maximum absolute atomic E-state index is 12.3. The molecule has 0 aliphatic heterocycles. The Morgan fingerprint density at radius 3 is 2.50 bits per heavy atom. The summed E-state index contributed by atoms with van der Waals surface area (Å²) in [5.41, 5.74) is 0.281. The molecule has 1 amide bonds. The van der Waals surface area contributed by atoms with Gasteiger partial charge in [0.1, 0.15) is 0 Å². The lowest BCUT2D eigenvalue weighted by molar-refractivity contribution is 0.0362. The van der Waals surface area contributed by atoms with Gasteiger partial charge in [-0.3, -0.25) is 4.79 Å². The molecular weight excluding hydrogens is 284 g/mol. The highest BCUT2D eigenvalue weighted by molar-refractivity contribution is 5.93. The maximum Gasteiger partial charge on any atom is 0.275 e. The molecule has 0 unspecified atom stereocenters. The largest absolute Gasteiger partial charge is 0.396 e. The van der Waals surface area contributed by atoms with E-state index in [0.717, 1.165) is 5.56 Å². The number of aliphatic hydroxyl groups excluding tert-OH is 2. The number of carbonyl (C=O) groups is 1. The lowest BCUT2D eigenvalue weighted by Crippen LogP contribution is -2.41. The first-order chi connectivity index (χ1) is 10.5. The third-order valence-corrected chi connectivity index (χ3v) is 3.52. The van der Waals surface area contributed by atoms with Crippen molar-refractivity contribution in [2.75, 3.05) is 26.8 Å². The summed E-state index contributed by atoms with van der Waals surface area (Å²) in [5.74, 6) is 0.198. The smallest absolute Gasteiger partial charge is 0.275 e. The third-order valence-electron chi connectivity index (χ3n) is 3.52. The molecule has 2 N–H and O–H groups in total. The molecule has 2 rings (SSSR count). The van der Waals surface area contributed by atoms with Crippen molar-refractivity contribution in [3.63, 3.8) is 0 Å². The molecule has 22 heavy (non-hydrogen) atoms. The van der Waals surface area contributed by atoms with Crippen LogP contribution in [0.15, 0.2) is 40.9 Å². The molecule has 0 radical (unpaired) electrons. The van der Waals surface area contributed by atoms with Crippen molar-refractivity contribution >= 4 is 5.91 Å². The maximum atomic E-state index is 12.3. The molecule has 0 saturated heterocycles. The van der Waals surface area contributed by atoms with Crippen LogP contribution < -0.4 is 0 Å². The zero-order valence-corrected chi connectivity index (χ0v) is 12.7. The Hall–Kier alpha value is -2.18. The Bertz CT molecular complexity index is 620. The number of aromatic nitrogens is 1. The van der Waals surface area contributed by atoms with E-state index < -0.39 is 5.41 Å². The monoisotopic (exact) mass is 304 g/mol. The fourth-order valence-electron chi connectivity index (χ4n) is 2.10. The van der Waals surface area contributed by atoms with Crippen molar-refractivity contribution in [2.45, 2.75) is 6.92 Å². The van der Waals surface area contributed by atoms with Crippen molar-refractivity contribution in [3.8, 4) is 11.3 Å². The van der Waals surface area contributed by atoms with E-state index in [4.69, 9.17) is 4.52 Å². The molecule has 2 aromatic rings. The van der Waals surface area contributed by atoms with Crippen molar-refractivity contribution in [1.82, 2.24) is 10.1 Å². The molecule has 0 spiro atoms. The third kappa shape index (κ3) is 3.52. The summed E-state index contributed by atoms with van der Waals surface area (Å²) in [6.07, 6.45) is 0. The first kappa shape index (κ1) is 16.2. The minimum Gasteiger partial charge on any atom is -0.396 e. The number of hydrogen-bond acceptors (Lipinski definition) is 5. The molecule has 0 saturated carbocycles. The van der Waals surface area contributed by atoms with Crippen molar-refractivity contribution in [2.24, 2.45) is 5.41 Å². The molecule has 1 aromatic heterocycles. The number of hydrogen-bond donors (Lipinski definition) is 2. The van der Waals surface area contributed by atoms with E-state index >= 15 is 0 Å². The van der Waals surface area contributed by atoms with Gasteiger partial charge in [0.25, 0.3) is 5.91 Å². The summed E-state index contributed by atoms with van der Waals surface area (Å²) in [7, 11) is 1.60. The van der Waals surface area contributed by atoms with Gasteiger partial charge in [-0.25, -0.2) is 0 Å². The highest BCUT2D eigenvalue weighted by Crippen LogP contribution is 2.21. The van der Waals surface area contributed by atoms with E-state index in [1.165, 1.54) is 4.90 Å². The number of benzene rings is 1. The summed E-state index contributed by atoms with van der Waals surface area (Å²) < 4.78 is 5.21. The van der Waals surface area contributed by atoms with E-state index in [1.54, 1.807) is 20.0 Å². The predicted octanol–water partition coefficient (Wildman–Crippen LogP) is 1.40. The highest BCUT2D eigenvalue weighted by atomic mass is 16.5. The topological polar surface area (TPSA) is 86.8 Å². The summed E-state index contributed by atoms with van der Waals surface area (Å²) >= 11 is 0. The van der Waals surface area contributed by atoms with Crippen LogP contribution in [-0.2, 0) is 0 Å². The van der Waals surface area contributed by atoms with Gasteiger partial charge in [0, 0.05) is 30.6 Å². The fourth-order valence-corrected chi connectivity index (χ4v) is 2.10. The molecule has 0 atom stereocenters. The second-order valence-corrected chi connectivity index (χ2v) is 5.73. The van der Waals surface area contributed by atoms with Crippen LogP contribution >= 0.6 is 0 Å².